The van der Waals surface area contributed by atoms with Gasteiger partial charge in [-0.25, -0.2) is 9.37 Å². The Balaban J connectivity index is 2.24. The average Bonchev–Trinajstić information content (AvgIpc) is 2.52. The topological polar surface area (TPSA) is 48.4 Å². The van der Waals surface area contributed by atoms with E-state index in [1.165, 1.54) is 19.1 Å². The fourth-order valence-corrected chi connectivity index (χ4v) is 2.92. The molecule has 7 heteroatoms. The van der Waals surface area contributed by atoms with Crippen LogP contribution in [0.5, 0.6) is 5.75 Å². The van der Waals surface area contributed by atoms with Crippen LogP contribution < -0.4 is 4.74 Å². The Labute approximate surface area is 157 Å². The smallest absolute Gasteiger partial charge is 0.302 e. The fourth-order valence-electron chi connectivity index (χ4n) is 1.83. The second kappa shape index (κ2) is 8.43. The van der Waals surface area contributed by atoms with Crippen LogP contribution in [0, 0.1) is 9.39 Å². The lowest BCUT2D eigenvalue weighted by molar-refractivity contribution is -0.140. The zero-order chi connectivity index (χ0) is 17.7. The van der Waals surface area contributed by atoms with Crippen molar-refractivity contribution in [2.45, 2.75) is 6.92 Å². The van der Waals surface area contributed by atoms with E-state index in [2.05, 4.69) is 34.2 Å². The minimum absolute atomic E-state index is 0.0822. The molecular formula is C17H14ClFINO3. The van der Waals surface area contributed by atoms with Crippen LogP contribution in [0.1, 0.15) is 6.92 Å². The number of nitrogens with zero attached hydrogens (tertiary/aromatic N) is 1. The molecule has 2 rings (SSSR count). The molecule has 4 nitrogen and oxygen atoms in total. The van der Waals surface area contributed by atoms with Crippen molar-refractivity contribution in [2.24, 2.45) is 0 Å². The molecule has 0 amide bonds. The molecule has 0 aliphatic rings. The molecule has 2 aromatic rings. The lowest BCUT2D eigenvalue weighted by Gasteiger charge is -2.14. The van der Waals surface area contributed by atoms with E-state index >= 15 is 0 Å². The maximum Gasteiger partial charge on any atom is 0.302 e. The van der Waals surface area contributed by atoms with Gasteiger partial charge in [0.15, 0.2) is 5.75 Å². The Hall–Kier alpha value is -1.67. The second-order valence-corrected chi connectivity index (χ2v) is 6.48. The zero-order valence-electron chi connectivity index (χ0n) is 12.8. The second-order valence-electron chi connectivity index (χ2n) is 4.93. The molecule has 0 unspecified atom stereocenters. The molecule has 0 aliphatic heterocycles. The van der Waals surface area contributed by atoms with Crippen molar-refractivity contribution in [3.05, 3.63) is 57.0 Å². The third-order valence-electron chi connectivity index (χ3n) is 2.91. The van der Waals surface area contributed by atoms with Gasteiger partial charge in [-0.3, -0.25) is 4.79 Å². The average molecular weight is 462 g/mol. The summed E-state index contributed by atoms with van der Waals surface area (Å²) in [4.78, 5) is 15.1. The van der Waals surface area contributed by atoms with Gasteiger partial charge < -0.3 is 9.47 Å². The number of rotatable bonds is 6. The normalized spacial score (nSPS) is 10.3. The Kier molecular flexibility index (Phi) is 6.56. The van der Waals surface area contributed by atoms with E-state index in [0.717, 1.165) is 3.57 Å². The van der Waals surface area contributed by atoms with E-state index < -0.39 is 0 Å². The summed E-state index contributed by atoms with van der Waals surface area (Å²) in [5, 5.41) is 0.310. The first-order valence-corrected chi connectivity index (χ1v) is 8.37. The number of esters is 1. The predicted molar refractivity (Wildman–Crippen MR) is 98.6 cm³/mol. The summed E-state index contributed by atoms with van der Waals surface area (Å²) in [7, 11) is 0. The Morgan fingerprint density at radius 1 is 1.33 bits per heavy atom. The number of hydrogen-bond acceptors (Lipinski definition) is 4. The number of pyridine rings is 1. The number of carbonyl (C=O) groups excluding carboxylic acids is 1. The third kappa shape index (κ3) is 5.17. The van der Waals surface area contributed by atoms with Gasteiger partial charge in [0, 0.05) is 12.5 Å². The number of carbonyl (C=O) groups is 1. The molecule has 0 N–H and O–H groups in total. The Bertz CT molecular complexity index is 765. The van der Waals surface area contributed by atoms with Crippen LogP contribution >= 0.6 is 34.2 Å². The molecule has 0 radical (unpaired) electrons. The minimum atomic E-state index is -0.383. The van der Waals surface area contributed by atoms with Crippen LogP contribution in [0.2, 0.25) is 5.15 Å². The fraction of sp³-hybridized carbons (Fsp3) is 0.176. The number of aromatic nitrogens is 1. The zero-order valence-corrected chi connectivity index (χ0v) is 15.7. The van der Waals surface area contributed by atoms with Gasteiger partial charge in [-0.2, -0.15) is 0 Å². The summed E-state index contributed by atoms with van der Waals surface area (Å²) in [6.45, 7) is 5.36. The van der Waals surface area contributed by atoms with Crippen molar-refractivity contribution < 1.29 is 18.7 Å². The van der Waals surface area contributed by atoms with Crippen LogP contribution in [-0.4, -0.2) is 24.2 Å². The number of hydrogen-bond donors (Lipinski definition) is 0. The molecule has 0 bridgehead atoms. The van der Waals surface area contributed by atoms with Crippen LogP contribution in [0.3, 0.4) is 0 Å². The van der Waals surface area contributed by atoms with Crippen molar-refractivity contribution in [2.75, 3.05) is 13.2 Å². The number of ether oxygens (including phenoxy) is 2. The highest BCUT2D eigenvalue weighted by Gasteiger charge is 2.15. The van der Waals surface area contributed by atoms with Gasteiger partial charge in [0.2, 0.25) is 0 Å². The Morgan fingerprint density at radius 3 is 2.62 bits per heavy atom. The highest BCUT2D eigenvalue weighted by Crippen LogP contribution is 2.34. The van der Waals surface area contributed by atoms with Crippen molar-refractivity contribution in [3.63, 3.8) is 0 Å². The summed E-state index contributed by atoms with van der Waals surface area (Å²) in [5.41, 5.74) is 1.78. The molecule has 0 saturated carbocycles. The van der Waals surface area contributed by atoms with Crippen molar-refractivity contribution in [1.82, 2.24) is 4.98 Å². The molecule has 126 valence electrons. The molecule has 0 fully saturated rings. The van der Waals surface area contributed by atoms with Gasteiger partial charge >= 0.3 is 5.97 Å². The summed E-state index contributed by atoms with van der Waals surface area (Å²) in [5.74, 6) is -0.214. The summed E-state index contributed by atoms with van der Waals surface area (Å²) in [6.07, 6.45) is 0. The van der Waals surface area contributed by atoms with E-state index in [9.17, 15) is 9.18 Å². The SMILES string of the molecule is C=C(COC(C)=O)COc1c(I)cc(Cl)nc1-c1ccc(F)cc1. The van der Waals surface area contributed by atoms with E-state index in [-0.39, 0.29) is 25.0 Å². The van der Waals surface area contributed by atoms with Gasteiger partial charge in [-0.1, -0.05) is 18.2 Å². The highest BCUT2D eigenvalue weighted by molar-refractivity contribution is 14.1. The van der Waals surface area contributed by atoms with Crippen LogP contribution in [0.4, 0.5) is 4.39 Å². The van der Waals surface area contributed by atoms with Gasteiger partial charge in [0.1, 0.15) is 29.9 Å². The minimum Gasteiger partial charge on any atom is -0.486 e. The van der Waals surface area contributed by atoms with Crippen LogP contribution in [-0.2, 0) is 9.53 Å². The van der Waals surface area contributed by atoms with Crippen molar-refractivity contribution in [1.29, 1.82) is 0 Å². The van der Waals surface area contributed by atoms with Crippen molar-refractivity contribution >= 4 is 40.2 Å². The summed E-state index contributed by atoms with van der Waals surface area (Å²) < 4.78 is 24.5. The first-order chi connectivity index (χ1) is 11.4. The third-order valence-corrected chi connectivity index (χ3v) is 3.91. The largest absolute Gasteiger partial charge is 0.486 e. The lowest BCUT2D eigenvalue weighted by Crippen LogP contribution is -2.10. The van der Waals surface area contributed by atoms with E-state index in [4.69, 9.17) is 21.1 Å². The van der Waals surface area contributed by atoms with Crippen molar-refractivity contribution in [3.8, 4) is 17.0 Å². The van der Waals surface area contributed by atoms with Gasteiger partial charge in [-0.15, -0.1) is 0 Å². The molecule has 1 heterocycles. The number of halogens is 3. The van der Waals surface area contributed by atoms with E-state index in [1.807, 2.05) is 0 Å². The number of benzene rings is 1. The summed E-state index contributed by atoms with van der Waals surface area (Å²) >= 11 is 8.12. The van der Waals surface area contributed by atoms with Gasteiger partial charge in [0.25, 0.3) is 0 Å². The highest BCUT2D eigenvalue weighted by atomic mass is 127. The molecule has 0 saturated heterocycles. The Morgan fingerprint density at radius 2 is 2.00 bits per heavy atom. The van der Waals surface area contributed by atoms with E-state index in [0.29, 0.717) is 27.7 Å². The van der Waals surface area contributed by atoms with E-state index in [1.54, 1.807) is 18.2 Å². The molecule has 1 aromatic heterocycles. The maximum absolute atomic E-state index is 13.1. The molecule has 1 aromatic carbocycles. The van der Waals surface area contributed by atoms with Crippen LogP contribution in [0.25, 0.3) is 11.3 Å². The molecular weight excluding hydrogens is 448 g/mol. The lowest BCUT2D eigenvalue weighted by atomic mass is 10.1. The predicted octanol–water partition coefficient (Wildman–Crippen LogP) is 4.64. The first kappa shape index (κ1) is 18.7. The quantitative estimate of drug-likeness (QED) is 0.272. The molecule has 24 heavy (non-hydrogen) atoms. The summed E-state index contributed by atoms with van der Waals surface area (Å²) in [6, 6.07) is 7.55. The van der Waals surface area contributed by atoms with Crippen LogP contribution in [0.15, 0.2) is 42.5 Å². The molecule has 0 spiro atoms. The first-order valence-electron chi connectivity index (χ1n) is 6.91. The maximum atomic E-state index is 13.1. The monoisotopic (exact) mass is 461 g/mol. The van der Waals surface area contributed by atoms with Gasteiger partial charge in [-0.05, 0) is 58.5 Å². The molecule has 0 aliphatic carbocycles. The van der Waals surface area contributed by atoms with Gasteiger partial charge in [0.05, 0.1) is 3.57 Å². The molecule has 0 atom stereocenters. The standard InChI is InChI=1S/C17H14ClFINO3/c1-10(8-23-11(2)22)9-24-17-14(20)7-15(18)21-16(17)12-3-5-13(19)6-4-12/h3-7H,1,8-9H2,2H3.